The molecule has 2 aromatic carbocycles. The third kappa shape index (κ3) is 4.66. The predicted octanol–water partition coefficient (Wildman–Crippen LogP) is 3.76. The van der Waals surface area contributed by atoms with Gasteiger partial charge in [0, 0.05) is 24.6 Å². The van der Waals surface area contributed by atoms with Crippen LogP contribution < -0.4 is 4.74 Å². The van der Waals surface area contributed by atoms with E-state index < -0.39 is 5.97 Å². The second-order valence-corrected chi connectivity index (χ2v) is 6.01. The van der Waals surface area contributed by atoms with Gasteiger partial charge in [-0.2, -0.15) is 0 Å². The fourth-order valence-corrected chi connectivity index (χ4v) is 2.68. The highest BCUT2D eigenvalue weighted by Gasteiger charge is 2.05. The maximum absolute atomic E-state index is 10.7. The second-order valence-electron chi connectivity index (χ2n) is 6.01. The van der Waals surface area contributed by atoms with E-state index in [0.717, 1.165) is 33.8 Å². The molecule has 26 heavy (non-hydrogen) atoms. The number of carbonyl (C=O) groups is 1. The Kier molecular flexibility index (Phi) is 5.59. The number of carboxylic acid groups (broad SMARTS) is 1. The Balaban J connectivity index is 1.72. The molecule has 0 saturated carbocycles. The van der Waals surface area contributed by atoms with Crippen molar-refractivity contribution < 1.29 is 14.6 Å². The van der Waals surface area contributed by atoms with E-state index in [0.29, 0.717) is 12.8 Å². The van der Waals surface area contributed by atoms with Crippen molar-refractivity contribution >= 4 is 5.97 Å². The highest BCUT2D eigenvalue weighted by molar-refractivity contribution is 5.67. The molecule has 0 aliphatic rings. The van der Waals surface area contributed by atoms with E-state index in [1.807, 2.05) is 48.5 Å². The Bertz CT molecular complexity index is 875. The molecule has 1 heterocycles. The van der Waals surface area contributed by atoms with Gasteiger partial charge in [0.25, 0.3) is 0 Å². The first-order valence-electron chi connectivity index (χ1n) is 8.39. The fourth-order valence-electron chi connectivity index (χ4n) is 2.68. The molecule has 132 valence electrons. The summed E-state index contributed by atoms with van der Waals surface area (Å²) in [5.41, 5.74) is 4.80. The van der Waals surface area contributed by atoms with Crippen molar-refractivity contribution in [2.24, 2.45) is 0 Å². The molecule has 0 saturated heterocycles. The SMILES string of the molecule is COc1ccc(Cc2cncc(-c3ccc(CCC(=O)O)cc3)n2)cc1. The van der Waals surface area contributed by atoms with Crippen LogP contribution in [-0.4, -0.2) is 28.2 Å². The summed E-state index contributed by atoms with van der Waals surface area (Å²) in [6.45, 7) is 0. The average Bonchev–Trinajstić information content (AvgIpc) is 2.67. The van der Waals surface area contributed by atoms with E-state index in [1.54, 1.807) is 19.5 Å². The van der Waals surface area contributed by atoms with E-state index >= 15 is 0 Å². The number of hydrogen-bond acceptors (Lipinski definition) is 4. The minimum absolute atomic E-state index is 0.135. The number of ether oxygens (including phenoxy) is 1. The summed E-state index contributed by atoms with van der Waals surface area (Å²) < 4.78 is 5.18. The summed E-state index contributed by atoms with van der Waals surface area (Å²) in [5, 5.41) is 8.76. The third-order valence-electron chi connectivity index (χ3n) is 4.11. The van der Waals surface area contributed by atoms with Crippen molar-refractivity contribution in [2.75, 3.05) is 7.11 Å². The van der Waals surface area contributed by atoms with Gasteiger partial charge >= 0.3 is 5.97 Å². The van der Waals surface area contributed by atoms with Crippen molar-refractivity contribution in [3.63, 3.8) is 0 Å². The van der Waals surface area contributed by atoms with Crippen LogP contribution in [0.25, 0.3) is 11.3 Å². The summed E-state index contributed by atoms with van der Waals surface area (Å²) in [4.78, 5) is 19.7. The average molecular weight is 348 g/mol. The van der Waals surface area contributed by atoms with Crippen LogP contribution in [0.2, 0.25) is 0 Å². The van der Waals surface area contributed by atoms with Gasteiger partial charge in [0.2, 0.25) is 0 Å². The van der Waals surface area contributed by atoms with E-state index in [-0.39, 0.29) is 6.42 Å². The number of rotatable bonds is 7. The topological polar surface area (TPSA) is 72.3 Å². The van der Waals surface area contributed by atoms with Crippen LogP contribution in [0.3, 0.4) is 0 Å². The Morgan fingerprint density at radius 1 is 1.00 bits per heavy atom. The molecule has 3 rings (SSSR count). The number of aliphatic carboxylic acids is 1. The van der Waals surface area contributed by atoms with Crippen molar-refractivity contribution in [1.82, 2.24) is 9.97 Å². The minimum atomic E-state index is -0.786. The molecule has 0 aliphatic carbocycles. The van der Waals surface area contributed by atoms with Crippen LogP contribution in [-0.2, 0) is 17.6 Å². The van der Waals surface area contributed by atoms with Crippen LogP contribution in [0.5, 0.6) is 5.75 Å². The fraction of sp³-hybridized carbons (Fsp3) is 0.190. The van der Waals surface area contributed by atoms with Gasteiger partial charge in [-0.25, -0.2) is 4.98 Å². The van der Waals surface area contributed by atoms with Crippen LogP contribution in [0.4, 0.5) is 0 Å². The summed E-state index contributed by atoms with van der Waals surface area (Å²) in [6.07, 6.45) is 4.87. The number of methoxy groups -OCH3 is 1. The third-order valence-corrected chi connectivity index (χ3v) is 4.11. The van der Waals surface area contributed by atoms with Crippen LogP contribution in [0, 0.1) is 0 Å². The van der Waals surface area contributed by atoms with Gasteiger partial charge in [0.05, 0.1) is 24.7 Å². The minimum Gasteiger partial charge on any atom is -0.497 e. The lowest BCUT2D eigenvalue weighted by Crippen LogP contribution is -1.98. The number of aryl methyl sites for hydroxylation is 1. The Hall–Kier alpha value is -3.21. The molecule has 0 aliphatic heterocycles. The van der Waals surface area contributed by atoms with Crippen molar-refractivity contribution in [3.8, 4) is 17.0 Å². The van der Waals surface area contributed by atoms with Gasteiger partial charge < -0.3 is 9.84 Å². The number of carboxylic acids is 1. The van der Waals surface area contributed by atoms with E-state index in [2.05, 4.69) is 4.98 Å². The first-order chi connectivity index (χ1) is 12.6. The van der Waals surface area contributed by atoms with Gasteiger partial charge in [-0.3, -0.25) is 9.78 Å². The first kappa shape index (κ1) is 17.6. The molecule has 5 heteroatoms. The Morgan fingerprint density at radius 2 is 1.69 bits per heavy atom. The summed E-state index contributed by atoms with van der Waals surface area (Å²) in [5.74, 6) is 0.0442. The second kappa shape index (κ2) is 8.25. The molecule has 1 aromatic heterocycles. The normalized spacial score (nSPS) is 10.5. The molecule has 1 N–H and O–H groups in total. The largest absolute Gasteiger partial charge is 0.497 e. The van der Waals surface area contributed by atoms with E-state index in [9.17, 15) is 4.79 Å². The van der Waals surface area contributed by atoms with Gasteiger partial charge in [-0.1, -0.05) is 36.4 Å². The van der Waals surface area contributed by atoms with Crippen molar-refractivity contribution in [1.29, 1.82) is 0 Å². The predicted molar refractivity (Wildman–Crippen MR) is 99.2 cm³/mol. The van der Waals surface area contributed by atoms with Gasteiger partial charge in [-0.05, 0) is 29.7 Å². The summed E-state index contributed by atoms with van der Waals surface area (Å²) in [7, 11) is 1.65. The quantitative estimate of drug-likeness (QED) is 0.704. The number of hydrogen-bond donors (Lipinski definition) is 1. The number of aromatic nitrogens is 2. The summed E-state index contributed by atoms with van der Waals surface area (Å²) in [6, 6.07) is 15.7. The maximum atomic E-state index is 10.7. The lowest BCUT2D eigenvalue weighted by Gasteiger charge is -2.06. The van der Waals surface area contributed by atoms with Crippen LogP contribution >= 0.6 is 0 Å². The highest BCUT2D eigenvalue weighted by atomic mass is 16.5. The van der Waals surface area contributed by atoms with Gasteiger partial charge in [0.15, 0.2) is 0 Å². The molecule has 0 bridgehead atoms. The molecule has 0 fully saturated rings. The van der Waals surface area contributed by atoms with Crippen molar-refractivity contribution in [3.05, 3.63) is 77.7 Å². The highest BCUT2D eigenvalue weighted by Crippen LogP contribution is 2.19. The monoisotopic (exact) mass is 348 g/mol. The van der Waals surface area contributed by atoms with Crippen LogP contribution in [0.15, 0.2) is 60.9 Å². The summed E-state index contributed by atoms with van der Waals surface area (Å²) >= 11 is 0. The van der Waals surface area contributed by atoms with Gasteiger partial charge in [-0.15, -0.1) is 0 Å². The number of nitrogens with zero attached hydrogens (tertiary/aromatic N) is 2. The Morgan fingerprint density at radius 3 is 2.35 bits per heavy atom. The smallest absolute Gasteiger partial charge is 0.303 e. The molecule has 0 spiro atoms. The lowest BCUT2D eigenvalue weighted by molar-refractivity contribution is -0.136. The zero-order valence-electron chi connectivity index (χ0n) is 14.6. The maximum Gasteiger partial charge on any atom is 0.303 e. The van der Waals surface area contributed by atoms with E-state index in [4.69, 9.17) is 14.8 Å². The zero-order valence-corrected chi connectivity index (χ0v) is 14.6. The Labute approximate surface area is 152 Å². The lowest BCUT2D eigenvalue weighted by atomic mass is 10.1. The van der Waals surface area contributed by atoms with Gasteiger partial charge in [0.1, 0.15) is 5.75 Å². The molecule has 0 radical (unpaired) electrons. The molecule has 0 amide bonds. The molecule has 3 aromatic rings. The standard InChI is InChI=1S/C21H20N2O3/c1-26-19-9-4-16(5-10-19)12-18-13-22-14-20(23-18)17-7-2-15(3-8-17)6-11-21(24)25/h2-5,7-10,13-14H,6,11-12H2,1H3,(H,24,25). The van der Waals surface area contributed by atoms with E-state index in [1.165, 1.54) is 0 Å². The zero-order chi connectivity index (χ0) is 18.4. The van der Waals surface area contributed by atoms with Crippen molar-refractivity contribution in [2.45, 2.75) is 19.3 Å². The molecule has 0 unspecified atom stereocenters. The molecule has 5 nitrogen and oxygen atoms in total. The molecular formula is C21H20N2O3. The molecule has 0 atom stereocenters. The first-order valence-corrected chi connectivity index (χ1v) is 8.39. The molecular weight excluding hydrogens is 328 g/mol. The number of benzene rings is 2. The van der Waals surface area contributed by atoms with Crippen LogP contribution in [0.1, 0.15) is 23.2 Å².